The van der Waals surface area contributed by atoms with Gasteiger partial charge in [-0.15, -0.1) is 0 Å². The van der Waals surface area contributed by atoms with Crippen LogP contribution in [0.4, 0.5) is 10.5 Å². The summed E-state index contributed by atoms with van der Waals surface area (Å²) in [6, 6.07) is 12.6. The van der Waals surface area contributed by atoms with Crippen molar-refractivity contribution in [2.24, 2.45) is 0 Å². The van der Waals surface area contributed by atoms with Gasteiger partial charge < -0.3 is 9.64 Å². The maximum atomic E-state index is 12.1. The number of rotatable bonds is 8. The lowest BCUT2D eigenvalue weighted by Crippen LogP contribution is -2.59. The van der Waals surface area contributed by atoms with Crippen LogP contribution in [-0.2, 0) is 4.79 Å². The number of imide groups is 1. The minimum Gasteiger partial charge on any atom is -0.494 e. The Hall–Kier alpha value is -2.84. The van der Waals surface area contributed by atoms with Crippen molar-refractivity contribution in [1.82, 2.24) is 20.2 Å². The summed E-state index contributed by atoms with van der Waals surface area (Å²) in [7, 11) is 1.53. The van der Waals surface area contributed by atoms with Gasteiger partial charge in [-0.3, -0.25) is 19.6 Å². The summed E-state index contributed by atoms with van der Waals surface area (Å²) in [6.07, 6.45) is 1.93. The molecular formula is C24H33N5O3. The third-order valence-corrected chi connectivity index (χ3v) is 6.27. The fourth-order valence-electron chi connectivity index (χ4n) is 4.40. The van der Waals surface area contributed by atoms with Gasteiger partial charge in [-0.05, 0) is 49.9 Å². The van der Waals surface area contributed by atoms with Crippen LogP contribution < -0.4 is 15.1 Å². The van der Waals surface area contributed by atoms with Crippen LogP contribution in [0.2, 0.25) is 0 Å². The number of amides is 3. The van der Waals surface area contributed by atoms with Crippen molar-refractivity contribution < 1.29 is 14.3 Å². The maximum Gasteiger partial charge on any atom is 0.340 e. The van der Waals surface area contributed by atoms with E-state index in [0.717, 1.165) is 51.3 Å². The van der Waals surface area contributed by atoms with Gasteiger partial charge >= 0.3 is 6.03 Å². The highest BCUT2D eigenvalue weighted by Gasteiger charge is 2.28. The van der Waals surface area contributed by atoms with E-state index in [1.54, 1.807) is 5.01 Å². The van der Waals surface area contributed by atoms with Crippen LogP contribution in [-0.4, -0.2) is 86.2 Å². The molecule has 1 N–H and O–H groups in total. The molecule has 4 rings (SSSR count). The maximum absolute atomic E-state index is 12.1. The van der Waals surface area contributed by atoms with Crippen molar-refractivity contribution in [2.75, 3.05) is 64.4 Å². The predicted octanol–water partition coefficient (Wildman–Crippen LogP) is 2.54. The molecular weight excluding hydrogens is 406 g/mol. The Balaban J connectivity index is 1.25. The first-order chi connectivity index (χ1) is 15.6. The van der Waals surface area contributed by atoms with Gasteiger partial charge in [-0.25, -0.2) is 10.2 Å². The fourth-order valence-corrected chi connectivity index (χ4v) is 4.40. The van der Waals surface area contributed by atoms with E-state index in [2.05, 4.69) is 45.6 Å². The highest BCUT2D eigenvalue weighted by Crippen LogP contribution is 2.30. The van der Waals surface area contributed by atoms with E-state index in [4.69, 9.17) is 4.74 Å². The van der Waals surface area contributed by atoms with Gasteiger partial charge in [0, 0.05) is 50.8 Å². The zero-order chi connectivity index (χ0) is 22.5. The number of benzene rings is 2. The molecule has 0 aromatic heterocycles. The second-order valence-corrected chi connectivity index (χ2v) is 8.35. The molecule has 2 aliphatic rings. The van der Waals surface area contributed by atoms with Crippen LogP contribution in [0.3, 0.4) is 0 Å². The molecule has 2 heterocycles. The molecule has 2 aromatic carbocycles. The number of unbranched alkanes of at least 4 members (excludes halogenated alkanes) is 1. The van der Waals surface area contributed by atoms with Crippen molar-refractivity contribution in [1.29, 1.82) is 0 Å². The summed E-state index contributed by atoms with van der Waals surface area (Å²) < 4.78 is 5.71. The van der Waals surface area contributed by atoms with Gasteiger partial charge in [0.1, 0.15) is 5.75 Å². The lowest BCUT2D eigenvalue weighted by atomic mass is 10.1. The number of fused-ring (bicyclic) bond motifs is 1. The lowest BCUT2D eigenvalue weighted by molar-refractivity contribution is -0.130. The molecule has 0 atom stereocenters. The number of ether oxygens (including phenoxy) is 1. The Bertz CT molecular complexity index is 958. The second-order valence-electron chi connectivity index (χ2n) is 8.35. The molecule has 2 saturated heterocycles. The lowest BCUT2D eigenvalue weighted by Gasteiger charge is -2.37. The number of hydrogen-bond donors (Lipinski definition) is 1. The van der Waals surface area contributed by atoms with Crippen LogP contribution in [0.5, 0.6) is 5.75 Å². The van der Waals surface area contributed by atoms with Crippen LogP contribution in [0.1, 0.15) is 19.8 Å². The van der Waals surface area contributed by atoms with E-state index >= 15 is 0 Å². The van der Waals surface area contributed by atoms with E-state index in [1.807, 2.05) is 13.0 Å². The van der Waals surface area contributed by atoms with Crippen LogP contribution in [0, 0.1) is 0 Å². The van der Waals surface area contributed by atoms with Crippen LogP contribution >= 0.6 is 0 Å². The minimum atomic E-state index is -0.266. The molecule has 0 bridgehead atoms. The largest absolute Gasteiger partial charge is 0.494 e. The monoisotopic (exact) mass is 439 g/mol. The van der Waals surface area contributed by atoms with Crippen molar-refractivity contribution in [3.63, 3.8) is 0 Å². The molecule has 3 amide bonds. The average Bonchev–Trinajstić information content (AvgIpc) is 2.82. The van der Waals surface area contributed by atoms with Crippen molar-refractivity contribution in [3.05, 3.63) is 36.4 Å². The summed E-state index contributed by atoms with van der Waals surface area (Å²) in [6.45, 7) is 8.56. The quantitative estimate of drug-likeness (QED) is 0.638. The predicted molar refractivity (Wildman–Crippen MR) is 126 cm³/mol. The van der Waals surface area contributed by atoms with E-state index in [9.17, 15) is 9.59 Å². The van der Waals surface area contributed by atoms with E-state index in [-0.39, 0.29) is 18.5 Å². The van der Waals surface area contributed by atoms with Gasteiger partial charge in [-0.1, -0.05) is 18.2 Å². The summed E-state index contributed by atoms with van der Waals surface area (Å²) in [4.78, 5) is 29.8. The molecule has 2 aliphatic heterocycles. The standard InChI is InChI=1S/C24H33N5O3/c1-3-32-20-10-9-19-7-6-8-22(21(19)17-20)28-15-13-27(14-16-28)11-4-5-12-29-24(31)26(2)23(30)18-25-29/h6-10,17,25H,3-5,11-16,18H2,1-2H3. The first-order valence-electron chi connectivity index (χ1n) is 11.5. The van der Waals surface area contributed by atoms with E-state index in [0.29, 0.717) is 13.2 Å². The van der Waals surface area contributed by atoms with Gasteiger partial charge in [0.05, 0.1) is 13.2 Å². The first kappa shape index (κ1) is 22.4. The topological polar surface area (TPSA) is 68.4 Å². The Labute approximate surface area is 189 Å². The number of hydrogen-bond acceptors (Lipinski definition) is 6. The average molecular weight is 440 g/mol. The van der Waals surface area contributed by atoms with Crippen molar-refractivity contribution in [2.45, 2.75) is 19.8 Å². The third-order valence-electron chi connectivity index (χ3n) is 6.27. The van der Waals surface area contributed by atoms with Crippen LogP contribution in [0.25, 0.3) is 10.8 Å². The normalized spacial score (nSPS) is 18.0. The number of anilines is 1. The number of urea groups is 1. The zero-order valence-corrected chi connectivity index (χ0v) is 19.0. The number of nitrogens with one attached hydrogen (secondary N) is 1. The molecule has 32 heavy (non-hydrogen) atoms. The highest BCUT2D eigenvalue weighted by atomic mass is 16.5. The van der Waals surface area contributed by atoms with E-state index in [1.165, 1.54) is 28.4 Å². The SMILES string of the molecule is CCOc1ccc2cccc(N3CCN(CCCCN4NCC(=O)N(C)C4=O)CC3)c2c1. The molecule has 8 heteroatoms. The van der Waals surface area contributed by atoms with Crippen molar-refractivity contribution >= 4 is 28.4 Å². The number of hydrazine groups is 1. The molecule has 0 aliphatic carbocycles. The molecule has 172 valence electrons. The zero-order valence-electron chi connectivity index (χ0n) is 19.0. The molecule has 2 aromatic rings. The number of carbonyl (C=O) groups is 2. The Kier molecular flexibility index (Phi) is 7.12. The summed E-state index contributed by atoms with van der Waals surface area (Å²) in [5, 5.41) is 4.03. The summed E-state index contributed by atoms with van der Waals surface area (Å²) in [5.41, 5.74) is 4.18. The van der Waals surface area contributed by atoms with Crippen LogP contribution in [0.15, 0.2) is 36.4 Å². The smallest absolute Gasteiger partial charge is 0.340 e. The molecule has 2 fully saturated rings. The Morgan fingerprint density at radius 3 is 2.56 bits per heavy atom. The molecule has 0 radical (unpaired) electrons. The highest BCUT2D eigenvalue weighted by molar-refractivity contribution is 5.97. The molecule has 0 saturated carbocycles. The minimum absolute atomic E-state index is 0.185. The second kappa shape index (κ2) is 10.2. The number of piperazine rings is 1. The van der Waals surface area contributed by atoms with Gasteiger partial charge in [0.25, 0.3) is 0 Å². The molecule has 8 nitrogen and oxygen atoms in total. The van der Waals surface area contributed by atoms with Crippen molar-refractivity contribution in [3.8, 4) is 5.75 Å². The Morgan fingerprint density at radius 2 is 1.78 bits per heavy atom. The molecule has 0 spiro atoms. The van der Waals surface area contributed by atoms with Gasteiger partial charge in [-0.2, -0.15) is 0 Å². The fraction of sp³-hybridized carbons (Fsp3) is 0.500. The number of carbonyl (C=O) groups excluding carboxylic acids is 2. The number of nitrogens with zero attached hydrogens (tertiary/aromatic N) is 4. The molecule has 0 unspecified atom stereocenters. The van der Waals surface area contributed by atoms with E-state index < -0.39 is 0 Å². The summed E-state index contributed by atoms with van der Waals surface area (Å²) >= 11 is 0. The van der Waals surface area contributed by atoms with Gasteiger partial charge in [0.15, 0.2) is 0 Å². The summed E-state index contributed by atoms with van der Waals surface area (Å²) in [5.74, 6) is 0.729. The third kappa shape index (κ3) is 4.97. The number of likely N-dealkylation sites (N-methyl/N-ethyl adjacent to an activating group) is 1. The Morgan fingerprint density at radius 1 is 1.00 bits per heavy atom. The first-order valence-corrected chi connectivity index (χ1v) is 11.5. The van der Waals surface area contributed by atoms with Gasteiger partial charge in [0.2, 0.25) is 5.91 Å².